The zero-order valence-corrected chi connectivity index (χ0v) is 16.9. The molecule has 3 aromatic rings. The van der Waals surface area contributed by atoms with Crippen LogP contribution in [-0.4, -0.2) is 41.2 Å². The Morgan fingerprint density at radius 3 is 2.79 bits per heavy atom. The van der Waals surface area contributed by atoms with E-state index in [-0.39, 0.29) is 17.7 Å². The summed E-state index contributed by atoms with van der Waals surface area (Å²) in [6.45, 7) is 0.425. The van der Waals surface area contributed by atoms with Crippen molar-refractivity contribution in [3.05, 3.63) is 63.0 Å². The van der Waals surface area contributed by atoms with Gasteiger partial charge in [0.1, 0.15) is 6.04 Å². The van der Waals surface area contributed by atoms with Crippen LogP contribution in [0.15, 0.2) is 52.5 Å². The fourth-order valence-corrected chi connectivity index (χ4v) is 5.23. The molecule has 0 saturated carbocycles. The molecule has 2 aliphatic rings. The molecule has 146 valence electrons. The van der Waals surface area contributed by atoms with Crippen LogP contribution in [0.2, 0.25) is 0 Å². The maximum atomic E-state index is 13.3. The van der Waals surface area contributed by atoms with E-state index in [0.717, 1.165) is 11.1 Å². The van der Waals surface area contributed by atoms with Gasteiger partial charge in [-0.1, -0.05) is 12.1 Å². The Balaban J connectivity index is 1.44. The molecule has 0 radical (unpaired) electrons. The minimum atomic E-state index is -0.719. The monoisotopic (exact) mass is 423 g/mol. The van der Waals surface area contributed by atoms with Crippen molar-refractivity contribution in [1.82, 2.24) is 10.2 Å². The van der Waals surface area contributed by atoms with E-state index in [1.807, 2.05) is 40.4 Å². The number of hydrogen-bond donors (Lipinski definition) is 2. The number of anilines is 1. The van der Waals surface area contributed by atoms with Gasteiger partial charge in [-0.25, -0.2) is 0 Å². The molecule has 1 aromatic carbocycles. The summed E-state index contributed by atoms with van der Waals surface area (Å²) in [6.07, 6.45) is 0.542. The van der Waals surface area contributed by atoms with Crippen molar-refractivity contribution < 1.29 is 14.4 Å². The van der Waals surface area contributed by atoms with Gasteiger partial charge in [0.25, 0.3) is 11.8 Å². The van der Waals surface area contributed by atoms with Crippen molar-refractivity contribution in [1.29, 1.82) is 0 Å². The van der Waals surface area contributed by atoms with Crippen molar-refractivity contribution in [2.75, 3.05) is 11.9 Å². The van der Waals surface area contributed by atoms with Crippen LogP contribution in [0.1, 0.15) is 26.5 Å². The molecule has 2 aliphatic heterocycles. The molecule has 1 saturated heterocycles. The second kappa shape index (κ2) is 7.13. The minimum absolute atomic E-state index is 0.187. The van der Waals surface area contributed by atoms with Gasteiger partial charge in [-0.05, 0) is 58.0 Å². The molecule has 4 heterocycles. The average molecular weight is 424 g/mol. The molecule has 1 fully saturated rings. The summed E-state index contributed by atoms with van der Waals surface area (Å²) in [6, 6.07) is 9.93. The molecule has 8 heteroatoms. The summed E-state index contributed by atoms with van der Waals surface area (Å²) >= 11 is 2.94. The highest BCUT2D eigenvalue weighted by molar-refractivity contribution is 7.12. The topological polar surface area (TPSA) is 78.5 Å². The molecule has 3 amide bonds. The van der Waals surface area contributed by atoms with E-state index in [1.54, 1.807) is 28.4 Å². The Bertz CT molecular complexity index is 1090. The van der Waals surface area contributed by atoms with Crippen LogP contribution in [0.5, 0.6) is 0 Å². The highest BCUT2D eigenvalue weighted by Crippen LogP contribution is 2.33. The van der Waals surface area contributed by atoms with Crippen molar-refractivity contribution >= 4 is 46.1 Å². The normalized spacial score (nSPS) is 20.6. The molecule has 0 unspecified atom stereocenters. The zero-order valence-electron chi connectivity index (χ0n) is 15.3. The molecule has 0 aliphatic carbocycles. The SMILES string of the molecule is O=C(N[C@@H]1CCN2C(=O)c3cc(-c4ccsc4)ccc3NC(=O)[C@H]12)c1cccs1. The first-order valence-electron chi connectivity index (χ1n) is 9.24. The van der Waals surface area contributed by atoms with Crippen molar-refractivity contribution in [2.24, 2.45) is 0 Å². The van der Waals surface area contributed by atoms with E-state index in [2.05, 4.69) is 10.6 Å². The number of amides is 3. The fraction of sp³-hybridized carbons (Fsp3) is 0.190. The molecule has 2 atom stereocenters. The smallest absolute Gasteiger partial charge is 0.261 e. The molecule has 0 spiro atoms. The Labute approximate surface area is 175 Å². The Morgan fingerprint density at radius 2 is 2.03 bits per heavy atom. The van der Waals surface area contributed by atoms with Gasteiger partial charge < -0.3 is 15.5 Å². The minimum Gasteiger partial charge on any atom is -0.346 e. The molecule has 2 N–H and O–H groups in total. The summed E-state index contributed by atoms with van der Waals surface area (Å²) in [5.74, 6) is -0.670. The maximum absolute atomic E-state index is 13.3. The molecular formula is C21H17N3O3S2. The number of thiophene rings is 2. The number of nitrogens with one attached hydrogen (secondary N) is 2. The third-order valence-corrected chi connectivity index (χ3v) is 6.90. The van der Waals surface area contributed by atoms with Crippen LogP contribution in [-0.2, 0) is 4.79 Å². The molecule has 5 rings (SSSR count). The predicted octanol–water partition coefficient (Wildman–Crippen LogP) is 3.44. The lowest BCUT2D eigenvalue weighted by atomic mass is 10.0. The summed E-state index contributed by atoms with van der Waals surface area (Å²) in [5.41, 5.74) is 2.97. The zero-order chi connectivity index (χ0) is 20.0. The number of carbonyl (C=O) groups excluding carboxylic acids is 3. The largest absolute Gasteiger partial charge is 0.346 e. The molecular weight excluding hydrogens is 406 g/mol. The molecule has 6 nitrogen and oxygen atoms in total. The van der Waals surface area contributed by atoms with E-state index >= 15 is 0 Å². The number of fused-ring (bicyclic) bond motifs is 2. The number of rotatable bonds is 3. The van der Waals surface area contributed by atoms with Crippen LogP contribution < -0.4 is 10.6 Å². The van der Waals surface area contributed by atoms with Gasteiger partial charge >= 0.3 is 0 Å². The average Bonchev–Trinajstić information content (AvgIpc) is 3.47. The third kappa shape index (κ3) is 3.14. The number of benzene rings is 1. The Kier molecular flexibility index (Phi) is 4.44. The Morgan fingerprint density at radius 1 is 1.14 bits per heavy atom. The van der Waals surface area contributed by atoms with E-state index in [9.17, 15) is 14.4 Å². The van der Waals surface area contributed by atoms with Gasteiger partial charge in [0, 0.05) is 6.54 Å². The fourth-order valence-electron chi connectivity index (χ4n) is 3.94. The Hall–Kier alpha value is -2.97. The van der Waals surface area contributed by atoms with Gasteiger partial charge in [0.05, 0.1) is 22.2 Å². The first-order valence-corrected chi connectivity index (χ1v) is 11.1. The standard InChI is InChI=1S/C21H17N3O3S2/c25-19(17-2-1-8-29-17)23-16-5-7-24-18(16)20(26)22-15-4-3-12(10-14(15)21(24)27)13-6-9-28-11-13/h1-4,6,8-11,16,18H,5,7H2,(H,22,26)(H,23,25)/t16-,18+/m1/s1. The van der Waals surface area contributed by atoms with Crippen LogP contribution in [0.4, 0.5) is 5.69 Å². The molecule has 0 bridgehead atoms. The lowest BCUT2D eigenvalue weighted by Crippen LogP contribution is -2.51. The van der Waals surface area contributed by atoms with Gasteiger partial charge in [-0.2, -0.15) is 11.3 Å². The van der Waals surface area contributed by atoms with E-state index < -0.39 is 12.1 Å². The van der Waals surface area contributed by atoms with Gasteiger partial charge in [-0.3, -0.25) is 14.4 Å². The second-order valence-electron chi connectivity index (χ2n) is 7.05. The first kappa shape index (κ1) is 18.1. The lowest BCUT2D eigenvalue weighted by molar-refractivity contribution is -0.120. The third-order valence-electron chi connectivity index (χ3n) is 5.35. The highest BCUT2D eigenvalue weighted by Gasteiger charge is 2.45. The summed E-state index contributed by atoms with van der Waals surface area (Å²) in [5, 5.41) is 11.7. The van der Waals surface area contributed by atoms with Crippen molar-refractivity contribution in [3.63, 3.8) is 0 Å². The highest BCUT2D eigenvalue weighted by atomic mass is 32.1. The quantitative estimate of drug-likeness (QED) is 0.677. The van der Waals surface area contributed by atoms with Crippen molar-refractivity contribution in [3.8, 4) is 11.1 Å². The molecule has 2 aromatic heterocycles. The lowest BCUT2D eigenvalue weighted by Gasteiger charge is -2.24. The summed E-state index contributed by atoms with van der Waals surface area (Å²) < 4.78 is 0. The van der Waals surface area contributed by atoms with E-state index in [0.29, 0.717) is 29.1 Å². The summed E-state index contributed by atoms with van der Waals surface area (Å²) in [4.78, 5) is 40.9. The number of nitrogens with zero attached hydrogens (tertiary/aromatic N) is 1. The van der Waals surface area contributed by atoms with Gasteiger partial charge in [-0.15, -0.1) is 11.3 Å². The van der Waals surface area contributed by atoms with Crippen LogP contribution in [0, 0.1) is 0 Å². The van der Waals surface area contributed by atoms with Crippen LogP contribution >= 0.6 is 22.7 Å². The van der Waals surface area contributed by atoms with E-state index in [4.69, 9.17) is 0 Å². The molecule has 29 heavy (non-hydrogen) atoms. The van der Waals surface area contributed by atoms with Gasteiger partial charge in [0.15, 0.2) is 0 Å². The predicted molar refractivity (Wildman–Crippen MR) is 113 cm³/mol. The maximum Gasteiger partial charge on any atom is 0.261 e. The van der Waals surface area contributed by atoms with E-state index in [1.165, 1.54) is 11.3 Å². The van der Waals surface area contributed by atoms with Gasteiger partial charge in [0.2, 0.25) is 5.91 Å². The van der Waals surface area contributed by atoms with Crippen molar-refractivity contribution in [2.45, 2.75) is 18.5 Å². The number of hydrogen-bond acceptors (Lipinski definition) is 5. The second-order valence-corrected chi connectivity index (χ2v) is 8.78. The first-order chi connectivity index (χ1) is 14.1. The van der Waals surface area contributed by atoms with Crippen LogP contribution in [0.25, 0.3) is 11.1 Å². The number of carbonyl (C=O) groups is 3. The van der Waals surface area contributed by atoms with Crippen LogP contribution in [0.3, 0.4) is 0 Å². The summed E-state index contributed by atoms with van der Waals surface area (Å²) in [7, 11) is 0.